The molecule has 0 aromatic carbocycles. The monoisotopic (exact) mass is 115 g/mol. The summed E-state index contributed by atoms with van der Waals surface area (Å²) in [7, 11) is 0. The summed E-state index contributed by atoms with van der Waals surface area (Å²) in [6, 6.07) is 0. The minimum absolute atomic E-state index is 0.264. The zero-order chi connectivity index (χ0) is 5.70. The van der Waals surface area contributed by atoms with E-state index in [0.717, 1.165) is 0 Å². The van der Waals surface area contributed by atoms with E-state index in [1.807, 2.05) is 0 Å². The standard InChI is InChI=1S/C4H7N2S/c1-2-3-6-4(5)7/h2-3H,1H2,(H3,5,6,7). The zero-order valence-corrected chi connectivity index (χ0v) is 4.66. The fourth-order valence-corrected chi connectivity index (χ4v) is 0.209. The number of thiocarbonyl (C=S) groups is 1. The smallest absolute Gasteiger partial charge is 0.164 e. The topological polar surface area (TPSA) is 38.0 Å². The second-order valence-corrected chi connectivity index (χ2v) is 1.35. The van der Waals surface area contributed by atoms with Crippen LogP contribution in [0.4, 0.5) is 0 Å². The van der Waals surface area contributed by atoms with Gasteiger partial charge in [-0.3, -0.25) is 0 Å². The van der Waals surface area contributed by atoms with Crippen molar-refractivity contribution in [3.63, 3.8) is 0 Å². The first-order valence-corrected chi connectivity index (χ1v) is 2.18. The van der Waals surface area contributed by atoms with E-state index in [9.17, 15) is 0 Å². The number of hydrogen-bond acceptors (Lipinski definition) is 1. The van der Waals surface area contributed by atoms with Gasteiger partial charge in [0.25, 0.3) is 0 Å². The van der Waals surface area contributed by atoms with E-state index in [0.29, 0.717) is 0 Å². The Morgan fingerprint density at radius 1 is 1.86 bits per heavy atom. The average molecular weight is 115 g/mol. The van der Waals surface area contributed by atoms with Crippen LogP contribution in [0, 0.1) is 6.54 Å². The van der Waals surface area contributed by atoms with Crippen LogP contribution in [-0.4, -0.2) is 5.11 Å². The lowest BCUT2D eigenvalue weighted by Gasteiger charge is -1.93. The summed E-state index contributed by atoms with van der Waals surface area (Å²) in [5.74, 6) is 0. The minimum Gasteiger partial charge on any atom is -0.376 e. The largest absolute Gasteiger partial charge is 0.376 e. The third kappa shape index (κ3) is 5.43. The van der Waals surface area contributed by atoms with Crippen LogP contribution in [0.15, 0.2) is 12.7 Å². The molecule has 2 nitrogen and oxygen atoms in total. The maximum atomic E-state index is 5.02. The van der Waals surface area contributed by atoms with Crippen molar-refractivity contribution in [2.45, 2.75) is 0 Å². The van der Waals surface area contributed by atoms with E-state index >= 15 is 0 Å². The fourth-order valence-electron chi connectivity index (χ4n) is 0.141. The molecule has 3 N–H and O–H groups in total. The Balaban J connectivity index is 2.97. The average Bonchev–Trinajstić information content (AvgIpc) is 1.61. The van der Waals surface area contributed by atoms with Gasteiger partial charge >= 0.3 is 0 Å². The molecule has 0 rings (SSSR count). The Morgan fingerprint density at radius 3 is 2.57 bits per heavy atom. The van der Waals surface area contributed by atoms with E-state index in [1.165, 1.54) is 0 Å². The van der Waals surface area contributed by atoms with Crippen molar-refractivity contribution >= 4 is 17.3 Å². The van der Waals surface area contributed by atoms with Crippen molar-refractivity contribution in [2.75, 3.05) is 0 Å². The fraction of sp³-hybridized carbons (Fsp3) is 0. The van der Waals surface area contributed by atoms with E-state index in [4.69, 9.17) is 5.73 Å². The maximum absolute atomic E-state index is 5.02. The lowest BCUT2D eigenvalue weighted by Crippen LogP contribution is -2.25. The van der Waals surface area contributed by atoms with Crippen LogP contribution in [0.3, 0.4) is 0 Å². The highest BCUT2D eigenvalue weighted by atomic mass is 32.1. The quantitative estimate of drug-likeness (QED) is 0.504. The Kier molecular flexibility index (Phi) is 3.32. The third-order valence-electron chi connectivity index (χ3n) is 0.343. The van der Waals surface area contributed by atoms with Crippen LogP contribution >= 0.6 is 12.2 Å². The molecule has 3 heteroatoms. The molecule has 0 aliphatic rings. The van der Waals surface area contributed by atoms with Crippen molar-refractivity contribution in [3.8, 4) is 0 Å². The molecule has 0 aliphatic heterocycles. The summed E-state index contributed by atoms with van der Waals surface area (Å²) in [6.45, 7) is 4.97. The molecule has 7 heavy (non-hydrogen) atoms. The molecule has 0 bridgehead atoms. The van der Waals surface area contributed by atoms with Crippen molar-refractivity contribution < 1.29 is 0 Å². The molecule has 0 heterocycles. The third-order valence-corrected chi connectivity index (χ3v) is 0.461. The van der Waals surface area contributed by atoms with Crippen molar-refractivity contribution in [2.24, 2.45) is 5.73 Å². The molecule has 0 amide bonds. The number of rotatable bonds is 2. The molecule has 0 saturated carbocycles. The molecule has 0 unspecified atom stereocenters. The molecule has 39 valence electrons. The molecular formula is C4H7N2S. The van der Waals surface area contributed by atoms with Crippen LogP contribution in [0.2, 0.25) is 0 Å². The molecule has 0 aromatic rings. The molecule has 0 aliphatic carbocycles. The predicted molar refractivity (Wildman–Crippen MR) is 34.4 cm³/mol. The highest BCUT2D eigenvalue weighted by Gasteiger charge is 1.77. The van der Waals surface area contributed by atoms with Crippen molar-refractivity contribution in [1.29, 1.82) is 0 Å². The van der Waals surface area contributed by atoms with Crippen LogP contribution in [0.1, 0.15) is 0 Å². The van der Waals surface area contributed by atoms with E-state index in [-0.39, 0.29) is 5.11 Å². The number of nitrogens with two attached hydrogens (primary N) is 1. The van der Waals surface area contributed by atoms with Gasteiger partial charge in [0.15, 0.2) is 5.11 Å². The summed E-state index contributed by atoms with van der Waals surface area (Å²) >= 11 is 4.45. The lowest BCUT2D eigenvalue weighted by molar-refractivity contribution is 1.19. The SMILES string of the molecule is C=C[CH]NC(N)=S. The van der Waals surface area contributed by atoms with Crippen LogP contribution in [0.5, 0.6) is 0 Å². The molecular weight excluding hydrogens is 108 g/mol. The summed E-state index contributed by atoms with van der Waals surface area (Å²) in [5, 5.41) is 2.83. The summed E-state index contributed by atoms with van der Waals surface area (Å²) < 4.78 is 0. The number of hydrogen-bond donors (Lipinski definition) is 2. The van der Waals surface area contributed by atoms with Gasteiger partial charge in [-0.2, -0.15) is 0 Å². The Bertz CT molecular complexity index is 79.8. The molecule has 0 atom stereocenters. The van der Waals surface area contributed by atoms with Crippen molar-refractivity contribution in [3.05, 3.63) is 19.2 Å². The van der Waals surface area contributed by atoms with E-state index < -0.39 is 0 Å². The van der Waals surface area contributed by atoms with Gasteiger partial charge in [-0.05, 0) is 12.2 Å². The number of nitrogens with one attached hydrogen (secondary N) is 1. The first kappa shape index (κ1) is 6.43. The van der Waals surface area contributed by atoms with E-state index in [2.05, 4.69) is 24.1 Å². The first-order chi connectivity index (χ1) is 3.27. The second kappa shape index (κ2) is 3.61. The van der Waals surface area contributed by atoms with Gasteiger partial charge in [0, 0.05) is 0 Å². The summed E-state index contributed by atoms with van der Waals surface area (Å²) in [4.78, 5) is 0. The second-order valence-electron chi connectivity index (χ2n) is 0.911. The van der Waals surface area contributed by atoms with Gasteiger partial charge in [0.1, 0.15) is 0 Å². The van der Waals surface area contributed by atoms with Gasteiger partial charge in [0.05, 0.1) is 6.54 Å². The first-order valence-electron chi connectivity index (χ1n) is 1.77. The molecule has 0 spiro atoms. The Hall–Kier alpha value is -0.570. The lowest BCUT2D eigenvalue weighted by atomic mass is 10.6. The van der Waals surface area contributed by atoms with Gasteiger partial charge in [0.2, 0.25) is 0 Å². The van der Waals surface area contributed by atoms with Gasteiger partial charge < -0.3 is 11.1 Å². The molecule has 0 fully saturated rings. The van der Waals surface area contributed by atoms with Crippen LogP contribution < -0.4 is 11.1 Å². The summed E-state index contributed by atoms with van der Waals surface area (Å²) in [6.07, 6.45) is 1.57. The summed E-state index contributed by atoms with van der Waals surface area (Å²) in [5.41, 5.74) is 5.02. The van der Waals surface area contributed by atoms with Crippen LogP contribution in [0.25, 0.3) is 0 Å². The molecule has 1 radical (unpaired) electrons. The zero-order valence-electron chi connectivity index (χ0n) is 3.85. The normalized spacial score (nSPS) is 7.43. The van der Waals surface area contributed by atoms with Crippen LogP contribution in [-0.2, 0) is 0 Å². The minimum atomic E-state index is 0.264. The molecule has 0 saturated heterocycles. The highest BCUT2D eigenvalue weighted by Crippen LogP contribution is 1.65. The Morgan fingerprint density at radius 2 is 2.43 bits per heavy atom. The Labute approximate surface area is 48.4 Å². The highest BCUT2D eigenvalue weighted by molar-refractivity contribution is 7.80. The van der Waals surface area contributed by atoms with Gasteiger partial charge in [-0.1, -0.05) is 6.08 Å². The van der Waals surface area contributed by atoms with Gasteiger partial charge in [-0.25, -0.2) is 0 Å². The van der Waals surface area contributed by atoms with Crippen molar-refractivity contribution in [1.82, 2.24) is 5.32 Å². The maximum Gasteiger partial charge on any atom is 0.164 e. The predicted octanol–water partition coefficient (Wildman–Crippen LogP) is 0.167. The van der Waals surface area contributed by atoms with E-state index in [1.54, 1.807) is 12.6 Å². The molecule has 0 aromatic heterocycles. The van der Waals surface area contributed by atoms with Gasteiger partial charge in [-0.15, -0.1) is 6.58 Å².